The molecular weight excluding hydrogens is 330 g/mol. The molecule has 0 radical (unpaired) electrons. The van der Waals surface area contributed by atoms with E-state index in [1.807, 2.05) is 4.90 Å². The van der Waals surface area contributed by atoms with Crippen LogP contribution < -0.4 is 5.32 Å². The molecule has 2 aliphatic heterocycles. The zero-order valence-electron chi connectivity index (χ0n) is 16.8. The number of imide groups is 1. The van der Waals surface area contributed by atoms with Crippen molar-refractivity contribution in [3.8, 4) is 0 Å². The predicted molar refractivity (Wildman–Crippen MR) is 99.3 cm³/mol. The maximum atomic E-state index is 13.1. The second-order valence-corrected chi connectivity index (χ2v) is 10.0. The largest absolute Gasteiger partial charge is 0.341 e. The minimum absolute atomic E-state index is 0.00163. The van der Waals surface area contributed by atoms with Crippen LogP contribution in [0.3, 0.4) is 0 Å². The van der Waals surface area contributed by atoms with Gasteiger partial charge in [-0.15, -0.1) is 0 Å². The third-order valence-corrected chi connectivity index (χ3v) is 6.14. The fourth-order valence-electron chi connectivity index (χ4n) is 5.75. The van der Waals surface area contributed by atoms with Crippen LogP contribution in [0.5, 0.6) is 0 Å². The molecule has 6 heteroatoms. The van der Waals surface area contributed by atoms with Crippen LogP contribution in [-0.2, 0) is 9.59 Å². The Bertz CT molecular complexity index is 607. The highest BCUT2D eigenvalue weighted by Gasteiger charge is 2.56. The summed E-state index contributed by atoms with van der Waals surface area (Å²) in [5.74, 6) is 0.942. The van der Waals surface area contributed by atoms with E-state index >= 15 is 0 Å². The first kappa shape index (κ1) is 19.2. The normalized spacial score (nSPS) is 37.2. The lowest BCUT2D eigenvalue weighted by molar-refractivity contribution is -0.142. The summed E-state index contributed by atoms with van der Waals surface area (Å²) < 4.78 is 0. The van der Waals surface area contributed by atoms with E-state index in [1.165, 1.54) is 0 Å². The second-order valence-electron chi connectivity index (χ2n) is 10.0. The first-order chi connectivity index (χ1) is 12.0. The highest BCUT2D eigenvalue weighted by Crippen LogP contribution is 2.46. The Morgan fingerprint density at radius 1 is 1.08 bits per heavy atom. The molecular formula is C20H33N3O3. The number of urea groups is 1. The van der Waals surface area contributed by atoms with Gasteiger partial charge in [0.25, 0.3) is 5.91 Å². The lowest BCUT2D eigenvalue weighted by atomic mass is 9.64. The van der Waals surface area contributed by atoms with Crippen LogP contribution in [0, 0.1) is 23.2 Å². The molecule has 4 atom stereocenters. The van der Waals surface area contributed by atoms with Gasteiger partial charge in [-0.1, -0.05) is 34.6 Å². The monoisotopic (exact) mass is 363 g/mol. The minimum Gasteiger partial charge on any atom is -0.341 e. The first-order valence-electron chi connectivity index (χ1n) is 9.93. The Morgan fingerprint density at radius 2 is 1.69 bits per heavy atom. The fourth-order valence-corrected chi connectivity index (χ4v) is 5.75. The number of hydrogen-bond donors (Lipinski definition) is 1. The van der Waals surface area contributed by atoms with E-state index < -0.39 is 11.6 Å². The van der Waals surface area contributed by atoms with Gasteiger partial charge in [0.05, 0.1) is 0 Å². The molecule has 0 bridgehead atoms. The summed E-state index contributed by atoms with van der Waals surface area (Å²) in [5.41, 5.74) is -0.834. The number of likely N-dealkylation sites (tertiary alicyclic amines) is 1. The molecule has 146 valence electrons. The lowest BCUT2D eigenvalue weighted by Crippen LogP contribution is -2.54. The number of nitrogens with zero attached hydrogens (tertiary/aromatic N) is 2. The average Bonchev–Trinajstić information content (AvgIpc) is 2.67. The van der Waals surface area contributed by atoms with Gasteiger partial charge in [-0.05, 0) is 48.9 Å². The molecule has 1 saturated carbocycles. The number of carbonyl (C=O) groups is 3. The number of rotatable bonds is 2. The number of piperidine rings is 1. The quantitative estimate of drug-likeness (QED) is 0.767. The zero-order chi connectivity index (χ0) is 19.3. The van der Waals surface area contributed by atoms with E-state index in [9.17, 15) is 14.4 Å². The van der Waals surface area contributed by atoms with Crippen LogP contribution in [0.2, 0.25) is 0 Å². The molecule has 1 spiro atoms. The summed E-state index contributed by atoms with van der Waals surface area (Å²) >= 11 is 0. The van der Waals surface area contributed by atoms with Gasteiger partial charge in [0.2, 0.25) is 5.91 Å². The zero-order valence-corrected chi connectivity index (χ0v) is 16.8. The Morgan fingerprint density at radius 3 is 2.27 bits per heavy atom. The Kier molecular flexibility index (Phi) is 4.82. The highest BCUT2D eigenvalue weighted by molar-refractivity contribution is 6.09. The summed E-state index contributed by atoms with van der Waals surface area (Å²) in [6, 6.07) is -0.411. The van der Waals surface area contributed by atoms with Crippen molar-refractivity contribution in [1.82, 2.24) is 15.1 Å². The number of amides is 4. The van der Waals surface area contributed by atoms with Crippen LogP contribution >= 0.6 is 0 Å². The average molecular weight is 364 g/mol. The maximum absolute atomic E-state index is 13.1. The molecule has 0 aromatic rings. The smallest absolute Gasteiger partial charge is 0.325 e. The Hall–Kier alpha value is -1.59. The van der Waals surface area contributed by atoms with Crippen molar-refractivity contribution in [2.75, 3.05) is 19.6 Å². The van der Waals surface area contributed by atoms with Crippen LogP contribution in [0.4, 0.5) is 4.79 Å². The number of carbonyl (C=O) groups excluding carboxylic acids is 3. The van der Waals surface area contributed by atoms with Crippen molar-refractivity contribution in [3.63, 3.8) is 0 Å². The topological polar surface area (TPSA) is 69.7 Å². The third-order valence-electron chi connectivity index (χ3n) is 6.14. The van der Waals surface area contributed by atoms with E-state index in [0.717, 1.165) is 17.7 Å². The molecule has 2 saturated heterocycles. The van der Waals surface area contributed by atoms with Crippen molar-refractivity contribution in [2.24, 2.45) is 23.2 Å². The van der Waals surface area contributed by atoms with Crippen LogP contribution in [0.1, 0.15) is 60.3 Å². The lowest BCUT2D eigenvalue weighted by Gasteiger charge is -2.43. The second kappa shape index (κ2) is 6.54. The molecule has 1 aliphatic carbocycles. The molecule has 3 fully saturated rings. The van der Waals surface area contributed by atoms with Crippen LogP contribution in [-0.4, -0.2) is 52.8 Å². The molecule has 1 N–H and O–H groups in total. The van der Waals surface area contributed by atoms with Crippen molar-refractivity contribution in [1.29, 1.82) is 0 Å². The van der Waals surface area contributed by atoms with E-state index in [4.69, 9.17) is 0 Å². The van der Waals surface area contributed by atoms with E-state index in [0.29, 0.717) is 43.7 Å². The standard InChI is InChI=1S/C20H33N3O3/c1-13-6-14(2)10-22(9-13)16(24)11-23-17(25)20(21-18(23)26)8-15(3)7-19(4,5)12-20/h13-15H,6-12H2,1-5H3,(H,21,26). The summed E-state index contributed by atoms with van der Waals surface area (Å²) in [7, 11) is 0. The maximum Gasteiger partial charge on any atom is 0.325 e. The van der Waals surface area contributed by atoms with E-state index in [2.05, 4.69) is 39.9 Å². The van der Waals surface area contributed by atoms with Crippen molar-refractivity contribution in [2.45, 2.75) is 65.8 Å². The molecule has 3 rings (SSSR count). The van der Waals surface area contributed by atoms with Gasteiger partial charge < -0.3 is 10.2 Å². The summed E-state index contributed by atoms with van der Waals surface area (Å²) in [4.78, 5) is 41.4. The Labute approximate surface area is 156 Å². The van der Waals surface area contributed by atoms with Crippen LogP contribution in [0.15, 0.2) is 0 Å². The first-order valence-corrected chi connectivity index (χ1v) is 9.93. The van der Waals surface area contributed by atoms with E-state index in [-0.39, 0.29) is 23.8 Å². The van der Waals surface area contributed by atoms with Gasteiger partial charge in [-0.3, -0.25) is 14.5 Å². The van der Waals surface area contributed by atoms with Gasteiger partial charge in [0.1, 0.15) is 12.1 Å². The van der Waals surface area contributed by atoms with Crippen molar-refractivity contribution >= 4 is 17.8 Å². The highest BCUT2D eigenvalue weighted by atomic mass is 16.2. The molecule has 6 nitrogen and oxygen atoms in total. The number of nitrogens with one attached hydrogen (secondary N) is 1. The third kappa shape index (κ3) is 3.60. The summed E-state index contributed by atoms with van der Waals surface area (Å²) in [6.45, 7) is 12.0. The predicted octanol–water partition coefficient (Wildman–Crippen LogP) is 2.63. The van der Waals surface area contributed by atoms with Crippen LogP contribution in [0.25, 0.3) is 0 Å². The van der Waals surface area contributed by atoms with Gasteiger partial charge in [0, 0.05) is 13.1 Å². The summed E-state index contributed by atoms with van der Waals surface area (Å²) in [5, 5.41) is 2.95. The van der Waals surface area contributed by atoms with Crippen molar-refractivity contribution < 1.29 is 14.4 Å². The minimum atomic E-state index is -0.832. The molecule has 0 aromatic heterocycles. The Balaban J connectivity index is 1.72. The van der Waals surface area contributed by atoms with Crippen molar-refractivity contribution in [3.05, 3.63) is 0 Å². The fraction of sp³-hybridized carbons (Fsp3) is 0.850. The van der Waals surface area contributed by atoms with Gasteiger partial charge >= 0.3 is 6.03 Å². The van der Waals surface area contributed by atoms with Gasteiger partial charge in [0.15, 0.2) is 0 Å². The molecule has 2 heterocycles. The number of hydrogen-bond acceptors (Lipinski definition) is 3. The molecule has 0 aromatic carbocycles. The van der Waals surface area contributed by atoms with E-state index in [1.54, 1.807) is 0 Å². The van der Waals surface area contributed by atoms with Gasteiger partial charge in [-0.25, -0.2) is 4.79 Å². The molecule has 4 unspecified atom stereocenters. The molecule has 3 aliphatic rings. The van der Waals surface area contributed by atoms with Gasteiger partial charge in [-0.2, -0.15) is 0 Å². The SMILES string of the molecule is CC1CC(C)CN(C(=O)CN2C(=O)NC3(CC(C)CC(C)(C)C3)C2=O)C1. The molecule has 26 heavy (non-hydrogen) atoms. The summed E-state index contributed by atoms with van der Waals surface area (Å²) in [6.07, 6.45) is 3.45. The molecule has 4 amide bonds.